The maximum atomic E-state index is 4.33. The van der Waals surface area contributed by atoms with Crippen molar-refractivity contribution >= 4 is 0 Å². The van der Waals surface area contributed by atoms with Crippen molar-refractivity contribution in [1.29, 1.82) is 0 Å². The van der Waals surface area contributed by atoms with Crippen LogP contribution in [-0.2, 0) is 12.0 Å². The van der Waals surface area contributed by atoms with Gasteiger partial charge in [-0.2, -0.15) is 0 Å². The topological polar surface area (TPSA) is 27.3 Å². The summed E-state index contributed by atoms with van der Waals surface area (Å²) < 4.78 is 0. The second-order valence-corrected chi connectivity index (χ2v) is 8.41. The van der Waals surface area contributed by atoms with Crippen LogP contribution in [-0.4, -0.2) is 11.4 Å². The van der Waals surface area contributed by atoms with Gasteiger partial charge in [-0.1, -0.05) is 86.0 Å². The van der Waals surface area contributed by atoms with Crippen LogP contribution < -0.4 is 10.6 Å². The molecule has 0 spiro atoms. The molecular weight excluding hydrogens is 378 g/mol. The Balaban J connectivity index is 1.59. The number of nitrogens with one attached hydrogen (secondary N) is 2. The predicted molar refractivity (Wildman–Crippen MR) is 131 cm³/mol. The zero-order chi connectivity index (χ0) is 21.8. The molecule has 1 saturated heterocycles. The summed E-state index contributed by atoms with van der Waals surface area (Å²) >= 11 is 0. The lowest BCUT2D eigenvalue weighted by molar-refractivity contribution is 0.334. The van der Waals surface area contributed by atoms with Gasteiger partial charge in [-0.3, -0.25) is 0 Å². The molecule has 1 atom stereocenters. The minimum atomic E-state index is -0.479. The minimum Gasteiger partial charge on any atom is -0.356 e. The molecule has 0 saturated carbocycles. The highest BCUT2D eigenvalue weighted by molar-refractivity contribution is 5.44. The van der Waals surface area contributed by atoms with Gasteiger partial charge in [0.1, 0.15) is 5.54 Å². The smallest absolute Gasteiger partial charge is 0.122 e. The van der Waals surface area contributed by atoms with E-state index in [1.807, 2.05) is 0 Å². The van der Waals surface area contributed by atoms with E-state index in [-0.39, 0.29) is 0 Å². The number of hydrogen-bond donors (Lipinski definition) is 2. The van der Waals surface area contributed by atoms with E-state index in [2.05, 4.69) is 115 Å². The highest BCUT2D eigenvalue weighted by Gasteiger charge is 2.42. The Morgan fingerprint density at radius 2 is 1.81 bits per heavy atom. The molecule has 31 heavy (non-hydrogen) atoms. The summed E-state index contributed by atoms with van der Waals surface area (Å²) in [6, 6.07) is 8.90. The SMILES string of the molecule is C=C1NC(=C)C(CN2C=CC=C(C)C2=C)(c2ccc(C/C3=C/C/C=C\C=C/C3)cc2)N1. The van der Waals surface area contributed by atoms with Crippen LogP contribution in [0.2, 0.25) is 0 Å². The van der Waals surface area contributed by atoms with E-state index in [4.69, 9.17) is 0 Å². The van der Waals surface area contributed by atoms with E-state index in [1.54, 1.807) is 0 Å². The van der Waals surface area contributed by atoms with E-state index in [0.29, 0.717) is 6.54 Å². The van der Waals surface area contributed by atoms with E-state index >= 15 is 0 Å². The van der Waals surface area contributed by atoms with Crippen LogP contribution in [0.15, 0.2) is 121 Å². The minimum absolute atomic E-state index is 0.479. The van der Waals surface area contributed by atoms with Crippen molar-refractivity contribution in [1.82, 2.24) is 15.5 Å². The first-order valence-electron chi connectivity index (χ1n) is 10.8. The Kier molecular flexibility index (Phi) is 5.85. The van der Waals surface area contributed by atoms with Gasteiger partial charge in [0.05, 0.1) is 12.4 Å². The van der Waals surface area contributed by atoms with E-state index in [0.717, 1.165) is 42.0 Å². The summed E-state index contributed by atoms with van der Waals surface area (Å²) in [5.74, 6) is 0.771. The molecule has 0 aromatic heterocycles. The Morgan fingerprint density at radius 1 is 1.03 bits per heavy atom. The first-order valence-corrected chi connectivity index (χ1v) is 10.8. The molecule has 3 nitrogen and oxygen atoms in total. The van der Waals surface area contributed by atoms with Gasteiger partial charge in [0.15, 0.2) is 0 Å². The number of allylic oxidation sites excluding steroid dienone is 9. The van der Waals surface area contributed by atoms with Crippen molar-refractivity contribution < 1.29 is 0 Å². The van der Waals surface area contributed by atoms with Gasteiger partial charge < -0.3 is 15.5 Å². The summed E-state index contributed by atoms with van der Waals surface area (Å²) in [6.07, 6.45) is 20.2. The number of benzene rings is 1. The molecule has 0 bridgehead atoms. The van der Waals surface area contributed by atoms with E-state index < -0.39 is 5.54 Å². The van der Waals surface area contributed by atoms with E-state index in [9.17, 15) is 0 Å². The van der Waals surface area contributed by atoms with Crippen molar-refractivity contribution in [3.63, 3.8) is 0 Å². The van der Waals surface area contributed by atoms with Crippen molar-refractivity contribution in [3.05, 3.63) is 132 Å². The van der Waals surface area contributed by atoms with Crippen LogP contribution in [0.3, 0.4) is 0 Å². The van der Waals surface area contributed by atoms with Crippen LogP contribution in [0.25, 0.3) is 0 Å². The van der Waals surface area contributed by atoms with Crippen LogP contribution in [0.4, 0.5) is 0 Å². The summed E-state index contributed by atoms with van der Waals surface area (Å²) in [5.41, 5.74) is 6.53. The standard InChI is InChI=1S/C28H31N3/c1-21-11-10-18-31(22(21)2)20-28(23(3)29-24(4)30-28)27-16-14-26(15-17-27)19-25-12-8-6-5-7-9-13-25/h5-8,10-11,13-18,29-30H,2-4,9,12,19-20H2,1H3/b7-5-,8-6-,25-13+. The van der Waals surface area contributed by atoms with Gasteiger partial charge in [0.25, 0.3) is 0 Å². The summed E-state index contributed by atoms with van der Waals surface area (Å²) in [4.78, 5) is 2.18. The zero-order valence-corrected chi connectivity index (χ0v) is 18.3. The highest BCUT2D eigenvalue weighted by atomic mass is 15.3. The molecule has 1 fully saturated rings. The van der Waals surface area contributed by atoms with Crippen molar-refractivity contribution in [3.8, 4) is 0 Å². The molecule has 1 unspecified atom stereocenters. The second kappa shape index (κ2) is 8.73. The van der Waals surface area contributed by atoms with Crippen LogP contribution in [0.1, 0.15) is 30.9 Å². The monoisotopic (exact) mass is 409 g/mol. The first-order chi connectivity index (χ1) is 15.0. The molecule has 3 aliphatic rings. The summed E-state index contributed by atoms with van der Waals surface area (Å²) in [7, 11) is 0. The normalized spacial score (nSPS) is 26.9. The number of hydrogen-bond acceptors (Lipinski definition) is 3. The van der Waals surface area contributed by atoms with Gasteiger partial charge >= 0.3 is 0 Å². The number of nitrogens with zero attached hydrogens (tertiary/aromatic N) is 1. The molecule has 0 radical (unpaired) electrons. The molecule has 0 amide bonds. The Bertz CT molecular complexity index is 1050. The largest absolute Gasteiger partial charge is 0.356 e. The lowest BCUT2D eigenvalue weighted by Gasteiger charge is -2.37. The second-order valence-electron chi connectivity index (χ2n) is 8.41. The third kappa shape index (κ3) is 4.36. The summed E-state index contributed by atoms with van der Waals surface area (Å²) in [6.45, 7) is 15.5. The maximum Gasteiger partial charge on any atom is 0.122 e. The molecular formula is C28H31N3. The predicted octanol–water partition coefficient (Wildman–Crippen LogP) is 5.72. The van der Waals surface area contributed by atoms with Crippen molar-refractivity contribution in [2.24, 2.45) is 0 Å². The first kappa shape index (κ1) is 20.8. The molecule has 3 heteroatoms. The van der Waals surface area contributed by atoms with Gasteiger partial charge in [-0.25, -0.2) is 0 Å². The Hall–Kier alpha value is -3.46. The molecule has 4 rings (SSSR count). The molecule has 2 heterocycles. The highest BCUT2D eigenvalue weighted by Crippen LogP contribution is 2.36. The average molecular weight is 410 g/mol. The van der Waals surface area contributed by atoms with E-state index in [1.165, 1.54) is 16.7 Å². The molecule has 158 valence electrons. The number of rotatable bonds is 5. The van der Waals surface area contributed by atoms with Gasteiger partial charge in [0, 0.05) is 17.6 Å². The Morgan fingerprint density at radius 3 is 2.55 bits per heavy atom. The van der Waals surface area contributed by atoms with Crippen molar-refractivity contribution in [2.75, 3.05) is 6.54 Å². The van der Waals surface area contributed by atoms with Gasteiger partial charge in [0.2, 0.25) is 0 Å². The van der Waals surface area contributed by atoms with Gasteiger partial charge in [-0.05, 0) is 49.0 Å². The van der Waals surface area contributed by atoms with Crippen LogP contribution >= 0.6 is 0 Å². The quantitative estimate of drug-likeness (QED) is 0.609. The van der Waals surface area contributed by atoms with Gasteiger partial charge in [-0.15, -0.1) is 0 Å². The summed E-state index contributed by atoms with van der Waals surface area (Å²) in [5, 5.41) is 6.86. The lowest BCUT2D eigenvalue weighted by atomic mass is 9.86. The molecule has 1 aromatic carbocycles. The molecule has 1 aromatic rings. The molecule has 1 aliphatic carbocycles. The maximum absolute atomic E-state index is 4.33. The molecule has 2 N–H and O–H groups in total. The van der Waals surface area contributed by atoms with Crippen LogP contribution in [0, 0.1) is 0 Å². The fourth-order valence-electron chi connectivity index (χ4n) is 4.32. The Labute approximate surface area is 186 Å². The lowest BCUT2D eigenvalue weighted by Crippen LogP contribution is -2.46. The zero-order valence-electron chi connectivity index (χ0n) is 18.3. The third-order valence-electron chi connectivity index (χ3n) is 6.19. The third-order valence-corrected chi connectivity index (χ3v) is 6.19. The fraction of sp³-hybridized carbons (Fsp3) is 0.214. The fourth-order valence-corrected chi connectivity index (χ4v) is 4.32. The molecule has 2 aliphatic heterocycles. The average Bonchev–Trinajstić information content (AvgIpc) is 3.02. The van der Waals surface area contributed by atoms with Crippen LogP contribution in [0.5, 0.6) is 0 Å². The van der Waals surface area contributed by atoms with Crippen molar-refractivity contribution in [2.45, 2.75) is 31.7 Å².